The van der Waals surface area contributed by atoms with Crippen molar-refractivity contribution in [2.45, 2.75) is 44.6 Å². The van der Waals surface area contributed by atoms with Gasteiger partial charge < -0.3 is 23.5 Å². The first-order valence-corrected chi connectivity index (χ1v) is 16.0. The minimum absolute atomic E-state index is 0.319. The van der Waals surface area contributed by atoms with Gasteiger partial charge in [-0.05, 0) is 62.2 Å². The Morgan fingerprint density at radius 1 is 1.11 bits per heavy atom. The van der Waals surface area contributed by atoms with Crippen LogP contribution in [0.25, 0.3) is 11.0 Å². The lowest BCUT2D eigenvalue weighted by molar-refractivity contribution is -0.0722. The second-order valence-electron chi connectivity index (χ2n) is 11.4. The molecule has 12 heteroatoms. The summed E-state index contributed by atoms with van der Waals surface area (Å²) in [4.78, 5) is 29.7. The number of carbonyl (C=O) groups is 1. The lowest BCUT2D eigenvalue weighted by atomic mass is 9.88. The summed E-state index contributed by atoms with van der Waals surface area (Å²) in [6.45, 7) is 4.91. The molecule has 2 aliphatic heterocycles. The number of piperidine rings is 1. The van der Waals surface area contributed by atoms with E-state index in [9.17, 15) is 4.79 Å². The molecule has 0 unspecified atom stereocenters. The first kappa shape index (κ1) is 29.5. The van der Waals surface area contributed by atoms with Gasteiger partial charge in [-0.15, -0.1) is 11.3 Å². The molecule has 5 heterocycles. The van der Waals surface area contributed by atoms with Crippen LogP contribution in [0.2, 0.25) is 5.02 Å². The number of esters is 1. The van der Waals surface area contributed by atoms with Gasteiger partial charge in [-0.2, -0.15) is 0 Å². The topological polar surface area (TPSA) is 101 Å². The summed E-state index contributed by atoms with van der Waals surface area (Å²) in [6, 6.07) is 13.3. The quantitative estimate of drug-likeness (QED) is 0.177. The van der Waals surface area contributed by atoms with Gasteiger partial charge in [0.15, 0.2) is 11.5 Å². The van der Waals surface area contributed by atoms with E-state index < -0.39 is 11.8 Å². The summed E-state index contributed by atoms with van der Waals surface area (Å²) in [5, 5.41) is 0.564. The van der Waals surface area contributed by atoms with Crippen molar-refractivity contribution < 1.29 is 23.7 Å². The van der Waals surface area contributed by atoms with Crippen LogP contribution in [0.3, 0.4) is 0 Å². The lowest BCUT2D eigenvalue weighted by Crippen LogP contribution is -2.34. The largest absolute Gasteiger partial charge is 0.494 e. The first-order valence-electron chi connectivity index (χ1n) is 14.7. The fourth-order valence-corrected chi connectivity index (χ4v) is 6.92. The van der Waals surface area contributed by atoms with Gasteiger partial charge in [-0.1, -0.05) is 23.7 Å². The molecule has 0 N–H and O–H groups in total. The van der Waals surface area contributed by atoms with Gasteiger partial charge in [0.1, 0.15) is 22.8 Å². The zero-order valence-corrected chi connectivity index (χ0v) is 26.7. The minimum Gasteiger partial charge on any atom is -0.494 e. The normalized spacial score (nSPS) is 18.4. The molecule has 10 nitrogen and oxygen atoms in total. The zero-order chi connectivity index (χ0) is 31.1. The molecule has 1 saturated heterocycles. The fourth-order valence-electron chi connectivity index (χ4n) is 6.22. The van der Waals surface area contributed by atoms with E-state index >= 15 is 0 Å². The SMILES string of the molecule is COC(=O)c1cc(OC)c2nc(CN3CCC(c4cccc5c4O[C@@](C)(c4ccc(Cl)cn4)O5)CC3)n(Cc3cncs3)c2c1. The van der Waals surface area contributed by atoms with Crippen molar-refractivity contribution in [3.05, 3.63) is 92.9 Å². The van der Waals surface area contributed by atoms with E-state index in [4.69, 9.17) is 35.5 Å². The molecular formula is C33H32ClN5O5S. The highest BCUT2D eigenvalue weighted by atomic mass is 35.5. The van der Waals surface area contributed by atoms with E-state index in [1.54, 1.807) is 36.8 Å². The third-order valence-corrected chi connectivity index (χ3v) is 9.52. The second kappa shape index (κ2) is 12.0. The summed E-state index contributed by atoms with van der Waals surface area (Å²) >= 11 is 7.65. The molecule has 3 aromatic heterocycles. The van der Waals surface area contributed by atoms with Gasteiger partial charge in [0.05, 0.1) is 48.9 Å². The van der Waals surface area contributed by atoms with Crippen molar-refractivity contribution in [2.75, 3.05) is 27.3 Å². The second-order valence-corrected chi connectivity index (χ2v) is 12.8. The number of benzene rings is 2. The number of methoxy groups -OCH3 is 2. The van der Waals surface area contributed by atoms with Crippen LogP contribution in [0.5, 0.6) is 17.2 Å². The highest BCUT2D eigenvalue weighted by Gasteiger charge is 2.42. The van der Waals surface area contributed by atoms with Crippen molar-refractivity contribution in [1.29, 1.82) is 0 Å². The van der Waals surface area contributed by atoms with Crippen molar-refractivity contribution >= 4 is 39.9 Å². The van der Waals surface area contributed by atoms with E-state index in [0.29, 0.717) is 41.0 Å². The average Bonchev–Trinajstić information content (AvgIpc) is 3.79. The molecule has 0 spiro atoms. The van der Waals surface area contributed by atoms with Gasteiger partial charge in [0.2, 0.25) is 0 Å². The Labute approximate surface area is 269 Å². The first-order chi connectivity index (χ1) is 21.8. The minimum atomic E-state index is -1.02. The molecule has 232 valence electrons. The molecule has 7 rings (SSSR count). The summed E-state index contributed by atoms with van der Waals surface area (Å²) in [5.74, 6) is 1.84. The molecule has 1 fully saturated rings. The van der Waals surface area contributed by atoms with E-state index in [2.05, 4.69) is 25.5 Å². The number of fused-ring (bicyclic) bond motifs is 2. The predicted octanol–water partition coefficient (Wildman–Crippen LogP) is 6.41. The van der Waals surface area contributed by atoms with Gasteiger partial charge in [-0.3, -0.25) is 14.9 Å². The van der Waals surface area contributed by atoms with Crippen molar-refractivity contribution in [2.24, 2.45) is 0 Å². The van der Waals surface area contributed by atoms with E-state index in [0.717, 1.165) is 64.7 Å². The number of hydrogen-bond acceptors (Lipinski definition) is 10. The number of hydrogen-bond donors (Lipinski definition) is 0. The van der Waals surface area contributed by atoms with Crippen LogP contribution in [0.15, 0.2) is 60.4 Å². The maximum Gasteiger partial charge on any atom is 0.338 e. The number of imidazole rings is 1. The third kappa shape index (κ3) is 5.60. The molecule has 0 saturated carbocycles. The van der Waals surface area contributed by atoms with Crippen LogP contribution in [-0.2, 0) is 23.6 Å². The van der Waals surface area contributed by atoms with Crippen molar-refractivity contribution in [1.82, 2.24) is 24.4 Å². The standard InChI is InChI=1S/C33H32ClN5O5S/c1-33(28-8-7-22(34)15-36-28)43-26-6-4-5-24(31(26)44-33)20-9-11-38(12-10-20)18-29-37-30-25(39(29)17-23-16-35-19-45-23)13-21(32(40)42-3)14-27(30)41-2/h4-8,13-16,19-20H,9-12,17-18H2,1-3H3/t33-/m0/s1. The van der Waals surface area contributed by atoms with Crippen molar-refractivity contribution in [3.8, 4) is 17.2 Å². The number of aromatic nitrogens is 4. The number of halogens is 1. The highest BCUT2D eigenvalue weighted by molar-refractivity contribution is 7.09. The maximum absolute atomic E-state index is 12.5. The van der Waals surface area contributed by atoms with Crippen LogP contribution in [0, 0.1) is 0 Å². The van der Waals surface area contributed by atoms with Crippen molar-refractivity contribution in [3.63, 3.8) is 0 Å². The lowest BCUT2D eigenvalue weighted by Gasteiger charge is -2.32. The predicted molar refractivity (Wildman–Crippen MR) is 170 cm³/mol. The smallest absolute Gasteiger partial charge is 0.338 e. The molecule has 0 aliphatic carbocycles. The number of thiazole rings is 1. The Morgan fingerprint density at radius 2 is 1.96 bits per heavy atom. The van der Waals surface area contributed by atoms with Gasteiger partial charge in [0, 0.05) is 29.8 Å². The monoisotopic (exact) mass is 645 g/mol. The molecule has 2 aromatic carbocycles. The van der Waals surface area contributed by atoms with Gasteiger partial charge in [-0.25, -0.2) is 9.78 Å². The Bertz CT molecular complexity index is 1850. The van der Waals surface area contributed by atoms with Gasteiger partial charge >= 0.3 is 5.97 Å². The van der Waals surface area contributed by atoms with Crippen LogP contribution in [-0.4, -0.2) is 57.7 Å². The van der Waals surface area contributed by atoms with E-state index in [-0.39, 0.29) is 0 Å². The summed E-state index contributed by atoms with van der Waals surface area (Å²) in [6.07, 6.45) is 5.39. The molecule has 0 radical (unpaired) electrons. The molecule has 2 aliphatic rings. The third-order valence-electron chi connectivity index (χ3n) is 8.53. The Balaban J connectivity index is 1.12. The maximum atomic E-state index is 12.5. The van der Waals surface area contributed by atoms with Crippen LogP contribution < -0.4 is 14.2 Å². The molecule has 0 bridgehead atoms. The van der Waals surface area contributed by atoms with Crippen LogP contribution >= 0.6 is 22.9 Å². The number of para-hydroxylation sites is 1. The molecule has 1 atom stereocenters. The number of nitrogens with zero attached hydrogens (tertiary/aromatic N) is 5. The summed E-state index contributed by atoms with van der Waals surface area (Å²) in [7, 11) is 2.97. The fraction of sp³-hybridized carbons (Fsp3) is 0.333. The molecule has 45 heavy (non-hydrogen) atoms. The van der Waals surface area contributed by atoms with E-state index in [1.807, 2.05) is 42.9 Å². The average molecular weight is 646 g/mol. The molecule has 0 amide bonds. The molecular weight excluding hydrogens is 614 g/mol. The number of likely N-dealkylation sites (tertiary alicyclic amines) is 1. The zero-order valence-electron chi connectivity index (χ0n) is 25.2. The highest BCUT2D eigenvalue weighted by Crippen LogP contribution is 2.49. The summed E-state index contributed by atoms with van der Waals surface area (Å²) < 4.78 is 25.6. The van der Waals surface area contributed by atoms with Crippen LogP contribution in [0.1, 0.15) is 58.0 Å². The van der Waals surface area contributed by atoms with Gasteiger partial charge in [0.25, 0.3) is 5.79 Å². The Hall–Kier alpha value is -4.19. The van der Waals surface area contributed by atoms with Crippen LogP contribution in [0.4, 0.5) is 0 Å². The number of ether oxygens (including phenoxy) is 4. The number of pyridine rings is 1. The number of carbonyl (C=O) groups excluding carboxylic acids is 1. The van der Waals surface area contributed by atoms with E-state index in [1.165, 1.54) is 7.11 Å². The Kier molecular flexibility index (Phi) is 7.84. The number of rotatable bonds is 8. The molecule has 5 aromatic rings. The summed E-state index contributed by atoms with van der Waals surface area (Å²) in [5.41, 5.74) is 5.60. The Morgan fingerprint density at radius 3 is 2.67 bits per heavy atom.